The molecule has 0 atom stereocenters. The highest BCUT2D eigenvalue weighted by atomic mass is 35.5. The molecule has 3 aromatic rings. The lowest BCUT2D eigenvalue weighted by molar-refractivity contribution is 0.446. The molecule has 18 heavy (non-hydrogen) atoms. The number of ether oxygens (including phenoxy) is 1. The molecule has 2 aromatic heterocycles. The highest BCUT2D eigenvalue weighted by Gasteiger charge is 2.08. The van der Waals surface area contributed by atoms with Gasteiger partial charge in [0, 0.05) is 6.20 Å². The molecule has 0 amide bonds. The monoisotopic (exact) mass is 262 g/mol. The molecule has 0 fully saturated rings. The van der Waals surface area contributed by atoms with Crippen molar-refractivity contribution >= 4 is 22.6 Å². The summed E-state index contributed by atoms with van der Waals surface area (Å²) in [5.74, 6) is 0.452. The number of nitrogens with one attached hydrogen (secondary N) is 2. The largest absolute Gasteiger partial charge is 0.422 e. The minimum Gasteiger partial charge on any atom is -0.422 e. The molecule has 90 valence electrons. The number of fused-ring (bicyclic) bond motifs is 1. The first kappa shape index (κ1) is 10.8. The van der Waals surface area contributed by atoms with Crippen LogP contribution in [0.25, 0.3) is 11.0 Å². The predicted octanol–water partition coefficient (Wildman–Crippen LogP) is 2.09. The number of H-pyrrole nitrogens is 2. The van der Waals surface area contributed by atoms with Crippen LogP contribution in [0.4, 0.5) is 0 Å². The lowest BCUT2D eigenvalue weighted by Gasteiger charge is -2.04. The number of benzene rings is 1. The summed E-state index contributed by atoms with van der Waals surface area (Å²) in [5, 5.41) is 0.287. The average molecular weight is 263 g/mol. The molecule has 0 spiro atoms. The standard InChI is InChI=1S/C11H7ClN4O2/c12-8-4-5-13-11(15-8)18-7-3-1-2-6-9(7)16-10(17)14-6/h1-5H,(H2,14,16,17). The Morgan fingerprint density at radius 3 is 2.94 bits per heavy atom. The van der Waals surface area contributed by atoms with E-state index in [0.29, 0.717) is 16.8 Å². The maximum absolute atomic E-state index is 11.2. The second-order valence-electron chi connectivity index (χ2n) is 3.52. The third-order valence-corrected chi connectivity index (χ3v) is 2.52. The quantitative estimate of drug-likeness (QED) is 0.693. The number of para-hydroxylation sites is 1. The SMILES string of the molecule is O=c1[nH]c2cccc(Oc3nccc(Cl)n3)c2[nH]1. The minimum absolute atomic E-state index is 0.122. The van der Waals surface area contributed by atoms with Crippen LogP contribution in [0.1, 0.15) is 0 Å². The smallest absolute Gasteiger partial charge is 0.323 e. The molecule has 0 radical (unpaired) electrons. The van der Waals surface area contributed by atoms with Crippen molar-refractivity contribution in [2.24, 2.45) is 0 Å². The maximum Gasteiger partial charge on any atom is 0.323 e. The molecule has 0 bridgehead atoms. The van der Waals surface area contributed by atoms with E-state index >= 15 is 0 Å². The molecule has 0 saturated carbocycles. The molecule has 6 nitrogen and oxygen atoms in total. The minimum atomic E-state index is -0.298. The van der Waals surface area contributed by atoms with E-state index in [9.17, 15) is 4.79 Å². The molecule has 3 rings (SSSR count). The first-order valence-corrected chi connectivity index (χ1v) is 5.47. The molecule has 0 aliphatic heterocycles. The fourth-order valence-corrected chi connectivity index (χ4v) is 1.71. The van der Waals surface area contributed by atoms with Crippen molar-refractivity contribution in [3.8, 4) is 11.8 Å². The molecule has 1 aromatic carbocycles. The number of hydrogen-bond donors (Lipinski definition) is 2. The van der Waals surface area contributed by atoms with Gasteiger partial charge < -0.3 is 14.7 Å². The normalized spacial score (nSPS) is 10.7. The van der Waals surface area contributed by atoms with Gasteiger partial charge in [0.15, 0.2) is 5.75 Å². The van der Waals surface area contributed by atoms with Gasteiger partial charge in [0.1, 0.15) is 10.7 Å². The zero-order valence-electron chi connectivity index (χ0n) is 8.98. The molecular weight excluding hydrogens is 256 g/mol. The number of aromatic amines is 2. The van der Waals surface area contributed by atoms with E-state index in [-0.39, 0.29) is 16.9 Å². The topological polar surface area (TPSA) is 83.7 Å². The molecular formula is C11H7ClN4O2. The molecule has 2 N–H and O–H groups in total. The summed E-state index contributed by atoms with van der Waals surface area (Å²) >= 11 is 5.74. The Balaban J connectivity index is 2.07. The fraction of sp³-hybridized carbons (Fsp3) is 0. The van der Waals surface area contributed by atoms with Gasteiger partial charge in [0.25, 0.3) is 0 Å². The lowest BCUT2D eigenvalue weighted by atomic mass is 10.3. The summed E-state index contributed by atoms with van der Waals surface area (Å²) in [6.07, 6.45) is 1.49. The van der Waals surface area contributed by atoms with Crippen molar-refractivity contribution in [1.82, 2.24) is 19.9 Å². The number of nitrogens with zero attached hydrogens (tertiary/aromatic N) is 2. The Kier molecular flexibility index (Phi) is 2.49. The first-order chi connectivity index (χ1) is 8.72. The summed E-state index contributed by atoms with van der Waals surface area (Å²) < 4.78 is 5.49. The van der Waals surface area contributed by atoms with E-state index in [2.05, 4.69) is 19.9 Å². The van der Waals surface area contributed by atoms with Crippen LogP contribution in [0, 0.1) is 0 Å². The van der Waals surface area contributed by atoms with Crippen LogP contribution in [0.15, 0.2) is 35.3 Å². The van der Waals surface area contributed by atoms with E-state index in [1.165, 1.54) is 6.20 Å². The van der Waals surface area contributed by atoms with E-state index in [4.69, 9.17) is 16.3 Å². The highest BCUT2D eigenvalue weighted by molar-refractivity contribution is 6.29. The van der Waals surface area contributed by atoms with Crippen LogP contribution in [0.2, 0.25) is 5.15 Å². The van der Waals surface area contributed by atoms with Crippen LogP contribution < -0.4 is 10.4 Å². The molecule has 0 saturated heterocycles. The van der Waals surface area contributed by atoms with Crippen LogP contribution in [-0.4, -0.2) is 19.9 Å². The van der Waals surface area contributed by atoms with Crippen LogP contribution in [-0.2, 0) is 0 Å². The lowest BCUT2D eigenvalue weighted by Crippen LogP contribution is -1.99. The second-order valence-corrected chi connectivity index (χ2v) is 3.91. The van der Waals surface area contributed by atoms with E-state index in [1.54, 1.807) is 24.3 Å². The zero-order valence-corrected chi connectivity index (χ0v) is 9.73. The van der Waals surface area contributed by atoms with Gasteiger partial charge in [-0.3, -0.25) is 0 Å². The van der Waals surface area contributed by atoms with E-state index in [1.807, 2.05) is 0 Å². The van der Waals surface area contributed by atoms with Crippen LogP contribution in [0.5, 0.6) is 11.8 Å². The summed E-state index contributed by atoms with van der Waals surface area (Å²) in [6, 6.07) is 6.89. The third kappa shape index (κ3) is 1.93. The number of imidazole rings is 1. The van der Waals surface area contributed by atoms with Gasteiger partial charge in [-0.1, -0.05) is 17.7 Å². The molecule has 0 aliphatic rings. The molecule has 7 heteroatoms. The van der Waals surface area contributed by atoms with Crippen molar-refractivity contribution in [2.75, 3.05) is 0 Å². The number of aromatic nitrogens is 4. The van der Waals surface area contributed by atoms with Gasteiger partial charge in [-0.15, -0.1) is 0 Å². The first-order valence-electron chi connectivity index (χ1n) is 5.10. The van der Waals surface area contributed by atoms with Crippen molar-refractivity contribution in [1.29, 1.82) is 0 Å². The highest BCUT2D eigenvalue weighted by Crippen LogP contribution is 2.25. The molecule has 0 aliphatic carbocycles. The third-order valence-electron chi connectivity index (χ3n) is 2.31. The second kappa shape index (κ2) is 4.15. The zero-order chi connectivity index (χ0) is 12.5. The van der Waals surface area contributed by atoms with Crippen molar-refractivity contribution in [3.63, 3.8) is 0 Å². The predicted molar refractivity (Wildman–Crippen MR) is 66.0 cm³/mol. The van der Waals surface area contributed by atoms with Crippen LogP contribution >= 0.6 is 11.6 Å². The number of rotatable bonds is 2. The van der Waals surface area contributed by atoms with Gasteiger partial charge in [0.2, 0.25) is 0 Å². The molecule has 0 unspecified atom stereocenters. The fourth-order valence-electron chi connectivity index (χ4n) is 1.58. The van der Waals surface area contributed by atoms with E-state index in [0.717, 1.165) is 0 Å². The van der Waals surface area contributed by atoms with Gasteiger partial charge in [0.05, 0.1) is 5.52 Å². The summed E-state index contributed by atoms with van der Waals surface area (Å²) in [4.78, 5) is 24.3. The van der Waals surface area contributed by atoms with Gasteiger partial charge >= 0.3 is 11.7 Å². The van der Waals surface area contributed by atoms with Gasteiger partial charge in [-0.05, 0) is 18.2 Å². The number of hydrogen-bond acceptors (Lipinski definition) is 4. The Morgan fingerprint density at radius 1 is 1.22 bits per heavy atom. The Bertz CT molecular complexity index is 765. The summed E-state index contributed by atoms with van der Waals surface area (Å²) in [7, 11) is 0. The maximum atomic E-state index is 11.2. The average Bonchev–Trinajstić information content (AvgIpc) is 2.71. The summed E-state index contributed by atoms with van der Waals surface area (Å²) in [5.41, 5.74) is 0.915. The van der Waals surface area contributed by atoms with Crippen molar-refractivity contribution in [2.45, 2.75) is 0 Å². The number of halogens is 1. The molecule has 2 heterocycles. The van der Waals surface area contributed by atoms with E-state index < -0.39 is 0 Å². The Hall–Kier alpha value is -2.34. The van der Waals surface area contributed by atoms with Gasteiger partial charge in [-0.25, -0.2) is 9.78 Å². The van der Waals surface area contributed by atoms with Crippen LogP contribution in [0.3, 0.4) is 0 Å². The van der Waals surface area contributed by atoms with Gasteiger partial charge in [-0.2, -0.15) is 4.98 Å². The van der Waals surface area contributed by atoms with Crippen molar-refractivity contribution in [3.05, 3.63) is 46.1 Å². The summed E-state index contributed by atoms with van der Waals surface area (Å²) in [6.45, 7) is 0. The van der Waals surface area contributed by atoms with Crippen molar-refractivity contribution < 1.29 is 4.74 Å². The Labute approximate surface area is 106 Å². The Morgan fingerprint density at radius 2 is 2.11 bits per heavy atom.